The van der Waals surface area contributed by atoms with E-state index in [0.717, 1.165) is 9.87 Å². The van der Waals surface area contributed by atoms with E-state index in [-0.39, 0.29) is 23.3 Å². The first-order chi connectivity index (χ1) is 18.8. The van der Waals surface area contributed by atoms with Gasteiger partial charge < -0.3 is 10.2 Å². The number of aryl methyl sites for hydroxylation is 1. The van der Waals surface area contributed by atoms with Gasteiger partial charge in [0, 0.05) is 18.1 Å². The van der Waals surface area contributed by atoms with Gasteiger partial charge in [-0.15, -0.1) is 0 Å². The average molecular weight is 625 g/mol. The molecule has 214 valence electrons. The molecular formula is C29H32Cl3N3O4S. The van der Waals surface area contributed by atoms with Crippen LogP contribution in [-0.4, -0.2) is 44.3 Å². The van der Waals surface area contributed by atoms with Gasteiger partial charge in [0.15, 0.2) is 0 Å². The molecule has 0 saturated carbocycles. The van der Waals surface area contributed by atoms with Gasteiger partial charge in [0.25, 0.3) is 10.0 Å². The quantitative estimate of drug-likeness (QED) is 0.270. The summed E-state index contributed by atoms with van der Waals surface area (Å²) in [5.41, 5.74) is 1.76. The summed E-state index contributed by atoms with van der Waals surface area (Å²) >= 11 is 18.3. The zero-order valence-electron chi connectivity index (χ0n) is 22.7. The van der Waals surface area contributed by atoms with Crippen LogP contribution >= 0.6 is 34.8 Å². The van der Waals surface area contributed by atoms with Gasteiger partial charge in [-0.05, 0) is 79.4 Å². The number of nitrogens with one attached hydrogen (secondary N) is 1. The molecule has 0 aliphatic heterocycles. The smallest absolute Gasteiger partial charge is 0.264 e. The Labute approximate surface area is 251 Å². The normalized spacial score (nSPS) is 12.2. The number of sulfonamides is 1. The van der Waals surface area contributed by atoms with Crippen molar-refractivity contribution in [3.8, 4) is 0 Å². The molecule has 0 saturated heterocycles. The first kappa shape index (κ1) is 31.7. The number of carbonyl (C=O) groups excluding carboxylic acids is 2. The second-order valence-electron chi connectivity index (χ2n) is 9.89. The van der Waals surface area contributed by atoms with Crippen LogP contribution in [0.5, 0.6) is 0 Å². The fraction of sp³-hybridized carbons (Fsp3) is 0.310. The van der Waals surface area contributed by atoms with Gasteiger partial charge in [0.2, 0.25) is 11.8 Å². The van der Waals surface area contributed by atoms with Crippen LogP contribution in [0, 0.1) is 12.8 Å². The minimum Gasteiger partial charge on any atom is -0.354 e. The number of halogens is 3. The Kier molecular flexibility index (Phi) is 10.9. The predicted octanol–water partition coefficient (Wildman–Crippen LogP) is 6.34. The van der Waals surface area contributed by atoms with Crippen LogP contribution in [0.4, 0.5) is 5.69 Å². The number of nitrogens with zero attached hydrogens (tertiary/aromatic N) is 2. The van der Waals surface area contributed by atoms with E-state index in [1.807, 2.05) is 26.8 Å². The Hall–Kier alpha value is -2.78. The van der Waals surface area contributed by atoms with Crippen molar-refractivity contribution in [1.29, 1.82) is 0 Å². The summed E-state index contributed by atoms with van der Waals surface area (Å²) in [4.78, 5) is 28.3. The van der Waals surface area contributed by atoms with Crippen LogP contribution in [-0.2, 0) is 26.2 Å². The molecule has 1 atom stereocenters. The van der Waals surface area contributed by atoms with Gasteiger partial charge in [0.05, 0.1) is 20.6 Å². The van der Waals surface area contributed by atoms with Gasteiger partial charge in [-0.1, -0.05) is 66.8 Å². The Morgan fingerprint density at radius 3 is 2.17 bits per heavy atom. The minimum absolute atomic E-state index is 0.00857. The van der Waals surface area contributed by atoms with Crippen LogP contribution in [0.3, 0.4) is 0 Å². The standard InChI is InChI=1S/C29H32Cl3N3O4S/c1-19(2)16-33-29(37)21(4)34(17-22-8-13-26(31)27(32)15-22)28(36)18-35(24-7-5-6-20(3)14-24)40(38,39)25-11-9-23(30)10-12-25/h5-15,19,21H,16-18H2,1-4H3,(H,33,37). The maximum absolute atomic E-state index is 13.9. The molecule has 11 heteroatoms. The molecule has 40 heavy (non-hydrogen) atoms. The van der Waals surface area contributed by atoms with Crippen molar-refractivity contribution in [2.24, 2.45) is 5.92 Å². The van der Waals surface area contributed by atoms with E-state index in [4.69, 9.17) is 34.8 Å². The van der Waals surface area contributed by atoms with Gasteiger partial charge in [-0.3, -0.25) is 13.9 Å². The molecule has 0 aliphatic rings. The summed E-state index contributed by atoms with van der Waals surface area (Å²) in [6.45, 7) is 7.26. The Morgan fingerprint density at radius 1 is 0.900 bits per heavy atom. The maximum Gasteiger partial charge on any atom is 0.264 e. The second-order valence-corrected chi connectivity index (χ2v) is 13.0. The SMILES string of the molecule is Cc1cccc(N(CC(=O)N(Cc2ccc(Cl)c(Cl)c2)C(C)C(=O)NCC(C)C)S(=O)(=O)c2ccc(Cl)cc2)c1. The fourth-order valence-electron chi connectivity index (χ4n) is 3.92. The number of anilines is 1. The molecule has 3 aromatic rings. The molecule has 0 radical (unpaired) electrons. The van der Waals surface area contributed by atoms with Crippen LogP contribution in [0.1, 0.15) is 31.9 Å². The second kappa shape index (κ2) is 13.7. The molecule has 1 unspecified atom stereocenters. The van der Waals surface area contributed by atoms with Crippen molar-refractivity contribution in [3.63, 3.8) is 0 Å². The number of carbonyl (C=O) groups is 2. The molecule has 3 rings (SSSR count). The lowest BCUT2D eigenvalue weighted by Gasteiger charge is -2.32. The van der Waals surface area contributed by atoms with Crippen molar-refractivity contribution in [2.75, 3.05) is 17.4 Å². The summed E-state index contributed by atoms with van der Waals surface area (Å²) < 4.78 is 28.7. The van der Waals surface area contributed by atoms with E-state index in [1.165, 1.54) is 29.2 Å². The van der Waals surface area contributed by atoms with E-state index in [2.05, 4.69) is 5.32 Å². The topological polar surface area (TPSA) is 86.8 Å². The van der Waals surface area contributed by atoms with Crippen molar-refractivity contribution in [3.05, 3.63) is 92.9 Å². The highest BCUT2D eigenvalue weighted by Crippen LogP contribution is 2.27. The van der Waals surface area contributed by atoms with Gasteiger partial charge in [-0.2, -0.15) is 0 Å². The van der Waals surface area contributed by atoms with E-state index in [1.54, 1.807) is 43.3 Å². The highest BCUT2D eigenvalue weighted by atomic mass is 35.5. The first-order valence-corrected chi connectivity index (χ1v) is 15.2. The molecule has 0 heterocycles. The Balaban J connectivity index is 2.03. The van der Waals surface area contributed by atoms with Crippen LogP contribution in [0.2, 0.25) is 15.1 Å². The van der Waals surface area contributed by atoms with Crippen LogP contribution in [0.25, 0.3) is 0 Å². The molecule has 1 N–H and O–H groups in total. The number of rotatable bonds is 11. The largest absolute Gasteiger partial charge is 0.354 e. The predicted molar refractivity (Wildman–Crippen MR) is 161 cm³/mol. The third-order valence-electron chi connectivity index (χ3n) is 6.16. The molecule has 2 amide bonds. The zero-order valence-corrected chi connectivity index (χ0v) is 25.8. The van der Waals surface area contributed by atoms with E-state index < -0.39 is 28.5 Å². The summed E-state index contributed by atoms with van der Waals surface area (Å²) in [7, 11) is -4.18. The highest BCUT2D eigenvalue weighted by molar-refractivity contribution is 7.92. The number of hydrogen-bond donors (Lipinski definition) is 1. The number of benzene rings is 3. The molecule has 0 bridgehead atoms. The molecule has 0 aliphatic carbocycles. The third-order valence-corrected chi connectivity index (χ3v) is 8.94. The van der Waals surface area contributed by atoms with E-state index in [9.17, 15) is 18.0 Å². The minimum atomic E-state index is -4.18. The number of amides is 2. The van der Waals surface area contributed by atoms with Crippen molar-refractivity contribution in [1.82, 2.24) is 10.2 Å². The van der Waals surface area contributed by atoms with E-state index >= 15 is 0 Å². The highest BCUT2D eigenvalue weighted by Gasteiger charge is 2.32. The zero-order chi connectivity index (χ0) is 29.6. The summed E-state index contributed by atoms with van der Waals surface area (Å²) in [6, 6.07) is 16.6. The summed E-state index contributed by atoms with van der Waals surface area (Å²) in [5.74, 6) is -0.723. The summed E-state index contributed by atoms with van der Waals surface area (Å²) in [6.07, 6.45) is 0. The molecule has 0 spiro atoms. The molecule has 0 aromatic heterocycles. The van der Waals surface area contributed by atoms with Crippen molar-refractivity contribution < 1.29 is 18.0 Å². The molecule has 7 nitrogen and oxygen atoms in total. The Bertz CT molecular complexity index is 1460. The summed E-state index contributed by atoms with van der Waals surface area (Å²) in [5, 5.41) is 3.89. The monoisotopic (exact) mass is 623 g/mol. The molecular weight excluding hydrogens is 593 g/mol. The van der Waals surface area contributed by atoms with Gasteiger partial charge in [-0.25, -0.2) is 8.42 Å². The Morgan fingerprint density at radius 2 is 1.57 bits per heavy atom. The van der Waals surface area contributed by atoms with Crippen molar-refractivity contribution in [2.45, 2.75) is 45.2 Å². The maximum atomic E-state index is 13.9. The third kappa shape index (κ3) is 8.13. The van der Waals surface area contributed by atoms with Gasteiger partial charge >= 0.3 is 0 Å². The van der Waals surface area contributed by atoms with E-state index in [0.29, 0.717) is 32.9 Å². The lowest BCUT2D eigenvalue weighted by molar-refractivity contribution is -0.139. The fourth-order valence-corrected chi connectivity index (χ4v) is 5.77. The van der Waals surface area contributed by atoms with Gasteiger partial charge in [0.1, 0.15) is 12.6 Å². The average Bonchev–Trinajstić information content (AvgIpc) is 2.90. The van der Waals surface area contributed by atoms with Crippen LogP contribution in [0.15, 0.2) is 71.6 Å². The van der Waals surface area contributed by atoms with Crippen molar-refractivity contribution >= 4 is 62.3 Å². The lowest BCUT2D eigenvalue weighted by atomic mass is 10.1. The number of hydrogen-bond acceptors (Lipinski definition) is 4. The lowest BCUT2D eigenvalue weighted by Crippen LogP contribution is -2.51. The molecule has 0 fully saturated rings. The van der Waals surface area contributed by atoms with Crippen LogP contribution < -0.4 is 9.62 Å². The molecule has 3 aromatic carbocycles. The first-order valence-electron chi connectivity index (χ1n) is 12.7.